The molecule has 0 radical (unpaired) electrons. The molecule has 0 aromatic heterocycles. The van der Waals surface area contributed by atoms with E-state index in [-0.39, 0.29) is 23.1 Å². The Hall–Kier alpha value is -4.21. The van der Waals surface area contributed by atoms with Crippen molar-refractivity contribution in [2.45, 2.75) is 30.2 Å². The van der Waals surface area contributed by atoms with E-state index in [2.05, 4.69) is 20.1 Å². The van der Waals surface area contributed by atoms with Crippen molar-refractivity contribution in [1.29, 1.82) is 0 Å². The van der Waals surface area contributed by atoms with Gasteiger partial charge in [-0.2, -0.15) is 0 Å². The second-order valence-corrected chi connectivity index (χ2v) is 11.3. The normalized spacial score (nSPS) is 14.9. The summed E-state index contributed by atoms with van der Waals surface area (Å²) < 4.78 is 28.9. The number of nitrogens with one attached hydrogen (secondary N) is 2. The molecule has 8 nitrogen and oxygen atoms in total. The Labute approximate surface area is 228 Å². The highest BCUT2D eigenvalue weighted by molar-refractivity contribution is 7.89. The maximum Gasteiger partial charge on any atom is 0.273 e. The van der Waals surface area contributed by atoms with Crippen LogP contribution in [0.3, 0.4) is 0 Å². The standard InChI is InChI=1S/C30H30N4O4S/c35-30(29(32-36)20-22-6-2-1-3-7-22)31-25-11-13-27(14-12-25)34-18-16-26(17-19-34)33-39(37,38)28-15-10-23-8-4-5-9-24(23)21-28/h1-15,21,26,33,36H,16-20H2,(H,31,35)/b32-29-. The predicted octanol–water partition coefficient (Wildman–Crippen LogP) is 4.80. The molecular weight excluding hydrogens is 512 g/mol. The SMILES string of the molecule is O=C(Nc1ccc(N2CCC(NS(=O)(=O)c3ccc4ccccc4c3)CC2)cc1)/C(Cc1ccccc1)=N\O. The lowest BCUT2D eigenvalue weighted by Crippen LogP contribution is -2.44. The van der Waals surface area contributed by atoms with E-state index >= 15 is 0 Å². The number of carbonyl (C=O) groups is 1. The zero-order valence-electron chi connectivity index (χ0n) is 21.3. The zero-order chi connectivity index (χ0) is 27.2. The summed E-state index contributed by atoms with van der Waals surface area (Å²) in [5.74, 6) is -0.464. The molecule has 1 amide bonds. The number of carbonyl (C=O) groups excluding carboxylic acids is 1. The van der Waals surface area contributed by atoms with Crippen LogP contribution in [-0.4, -0.2) is 44.4 Å². The molecule has 4 aromatic rings. The van der Waals surface area contributed by atoms with E-state index in [1.54, 1.807) is 24.3 Å². The van der Waals surface area contributed by atoms with Crippen molar-refractivity contribution >= 4 is 43.8 Å². The summed E-state index contributed by atoms with van der Waals surface area (Å²) in [6, 6.07) is 29.5. The summed E-state index contributed by atoms with van der Waals surface area (Å²) in [5.41, 5.74) is 2.48. The van der Waals surface area contributed by atoms with E-state index in [1.807, 2.05) is 72.8 Å². The third-order valence-corrected chi connectivity index (χ3v) is 8.45. The van der Waals surface area contributed by atoms with E-state index < -0.39 is 15.9 Å². The molecule has 0 saturated carbocycles. The zero-order valence-corrected chi connectivity index (χ0v) is 22.1. The number of hydrogen-bond acceptors (Lipinski definition) is 6. The van der Waals surface area contributed by atoms with Gasteiger partial charge in [-0.25, -0.2) is 13.1 Å². The third-order valence-electron chi connectivity index (χ3n) is 6.94. The molecule has 0 atom stereocenters. The van der Waals surface area contributed by atoms with Gasteiger partial charge in [-0.05, 0) is 65.6 Å². The lowest BCUT2D eigenvalue weighted by atomic mass is 10.1. The predicted molar refractivity (Wildman–Crippen MR) is 154 cm³/mol. The Kier molecular flexibility index (Phi) is 7.90. The first-order valence-electron chi connectivity index (χ1n) is 12.8. The van der Waals surface area contributed by atoms with E-state index in [9.17, 15) is 18.4 Å². The minimum atomic E-state index is -3.62. The molecule has 0 aliphatic carbocycles. The molecule has 1 aliphatic heterocycles. The highest BCUT2D eigenvalue weighted by Crippen LogP contribution is 2.24. The second kappa shape index (κ2) is 11.7. The number of oxime groups is 1. The van der Waals surface area contributed by atoms with Gasteiger partial charge in [-0.1, -0.05) is 65.8 Å². The number of sulfonamides is 1. The molecule has 0 spiro atoms. The van der Waals surface area contributed by atoms with E-state index in [1.165, 1.54) is 0 Å². The van der Waals surface area contributed by atoms with Gasteiger partial charge in [0.05, 0.1) is 4.90 Å². The number of amides is 1. The van der Waals surface area contributed by atoms with Crippen molar-refractivity contribution in [3.63, 3.8) is 0 Å². The van der Waals surface area contributed by atoms with E-state index in [0.29, 0.717) is 31.6 Å². The molecular formula is C30H30N4O4S. The van der Waals surface area contributed by atoms with Gasteiger partial charge in [0.2, 0.25) is 10.0 Å². The molecule has 39 heavy (non-hydrogen) atoms. The minimum absolute atomic E-state index is 0.0264. The molecule has 4 aromatic carbocycles. The van der Waals surface area contributed by atoms with Crippen molar-refractivity contribution in [2.75, 3.05) is 23.3 Å². The molecule has 1 saturated heterocycles. The Balaban J connectivity index is 1.14. The van der Waals surface area contributed by atoms with Crippen LogP contribution < -0.4 is 14.9 Å². The number of fused-ring (bicyclic) bond motifs is 1. The molecule has 1 aliphatic rings. The van der Waals surface area contributed by atoms with Crippen molar-refractivity contribution < 1.29 is 18.4 Å². The lowest BCUT2D eigenvalue weighted by molar-refractivity contribution is -0.110. The van der Waals surface area contributed by atoms with Crippen LogP contribution in [0.2, 0.25) is 0 Å². The van der Waals surface area contributed by atoms with E-state index in [0.717, 1.165) is 22.0 Å². The average Bonchev–Trinajstić information content (AvgIpc) is 2.97. The maximum atomic E-state index is 13.0. The lowest BCUT2D eigenvalue weighted by Gasteiger charge is -2.34. The number of piperidine rings is 1. The quantitative estimate of drug-likeness (QED) is 0.168. The van der Waals surface area contributed by atoms with Crippen LogP contribution in [0.15, 0.2) is 107 Å². The molecule has 0 unspecified atom stereocenters. The summed E-state index contributed by atoms with van der Waals surface area (Å²) in [5, 5.41) is 17.2. The fourth-order valence-corrected chi connectivity index (χ4v) is 6.13. The minimum Gasteiger partial charge on any atom is -0.410 e. The fraction of sp³-hybridized carbons (Fsp3) is 0.200. The summed E-state index contributed by atoms with van der Waals surface area (Å²) in [7, 11) is -3.62. The van der Waals surface area contributed by atoms with Crippen molar-refractivity contribution in [1.82, 2.24) is 4.72 Å². The van der Waals surface area contributed by atoms with Gasteiger partial charge in [-0.15, -0.1) is 0 Å². The van der Waals surface area contributed by atoms with Gasteiger partial charge < -0.3 is 15.4 Å². The Bertz CT molecular complexity index is 1580. The van der Waals surface area contributed by atoms with Gasteiger partial charge in [0.25, 0.3) is 5.91 Å². The van der Waals surface area contributed by atoms with Gasteiger partial charge in [-0.3, -0.25) is 4.79 Å². The van der Waals surface area contributed by atoms with Crippen molar-refractivity contribution in [2.24, 2.45) is 5.16 Å². The summed E-state index contributed by atoms with van der Waals surface area (Å²) in [6.07, 6.45) is 1.59. The topological polar surface area (TPSA) is 111 Å². The van der Waals surface area contributed by atoms with Gasteiger partial charge in [0, 0.05) is 36.9 Å². The van der Waals surface area contributed by atoms with Crippen LogP contribution in [0.25, 0.3) is 10.8 Å². The van der Waals surface area contributed by atoms with Crippen LogP contribution in [0.4, 0.5) is 11.4 Å². The summed E-state index contributed by atoms with van der Waals surface area (Å²) in [4.78, 5) is 15.1. The fourth-order valence-electron chi connectivity index (χ4n) is 4.79. The number of nitrogens with zero attached hydrogens (tertiary/aromatic N) is 2. The molecule has 1 heterocycles. The molecule has 9 heteroatoms. The van der Waals surface area contributed by atoms with Crippen LogP contribution in [-0.2, 0) is 21.2 Å². The van der Waals surface area contributed by atoms with Crippen LogP contribution in [0, 0.1) is 0 Å². The Morgan fingerprint density at radius 2 is 1.54 bits per heavy atom. The largest absolute Gasteiger partial charge is 0.410 e. The first-order valence-corrected chi connectivity index (χ1v) is 14.3. The molecule has 0 bridgehead atoms. The molecule has 1 fully saturated rings. The summed E-state index contributed by atoms with van der Waals surface area (Å²) >= 11 is 0. The molecule has 5 rings (SSSR count). The van der Waals surface area contributed by atoms with Crippen LogP contribution in [0.5, 0.6) is 0 Å². The summed E-state index contributed by atoms with van der Waals surface area (Å²) in [6.45, 7) is 1.41. The first-order chi connectivity index (χ1) is 18.9. The third kappa shape index (κ3) is 6.45. The highest BCUT2D eigenvalue weighted by atomic mass is 32.2. The van der Waals surface area contributed by atoms with Gasteiger partial charge in [0.15, 0.2) is 0 Å². The van der Waals surface area contributed by atoms with E-state index in [4.69, 9.17) is 0 Å². The number of rotatable bonds is 8. The average molecular weight is 543 g/mol. The Morgan fingerprint density at radius 3 is 2.23 bits per heavy atom. The number of benzene rings is 4. The van der Waals surface area contributed by atoms with Gasteiger partial charge >= 0.3 is 0 Å². The second-order valence-electron chi connectivity index (χ2n) is 9.60. The van der Waals surface area contributed by atoms with Crippen molar-refractivity contribution in [3.05, 3.63) is 103 Å². The highest BCUT2D eigenvalue weighted by Gasteiger charge is 2.25. The molecule has 200 valence electrons. The van der Waals surface area contributed by atoms with Crippen LogP contribution >= 0.6 is 0 Å². The monoisotopic (exact) mass is 542 g/mol. The molecule has 3 N–H and O–H groups in total. The smallest absolute Gasteiger partial charge is 0.273 e. The Morgan fingerprint density at radius 1 is 0.872 bits per heavy atom. The van der Waals surface area contributed by atoms with Crippen molar-refractivity contribution in [3.8, 4) is 0 Å². The first kappa shape index (κ1) is 26.4. The maximum absolute atomic E-state index is 13.0. The van der Waals surface area contributed by atoms with Crippen LogP contribution in [0.1, 0.15) is 18.4 Å². The number of hydrogen-bond donors (Lipinski definition) is 3. The van der Waals surface area contributed by atoms with Gasteiger partial charge in [0.1, 0.15) is 5.71 Å². The number of anilines is 2.